The minimum atomic E-state index is -0.285. The van der Waals surface area contributed by atoms with Crippen LogP contribution in [0.15, 0.2) is 64.6 Å². The second-order valence-electron chi connectivity index (χ2n) is 11.5. The molecule has 0 spiro atoms. The summed E-state index contributed by atoms with van der Waals surface area (Å²) in [6.07, 6.45) is 13.2. The number of nitrogens with zero attached hydrogens (tertiary/aromatic N) is 5. The molecule has 0 saturated carbocycles. The first kappa shape index (κ1) is 29.4. The lowest BCUT2D eigenvalue weighted by atomic mass is 9.78. The van der Waals surface area contributed by atoms with Gasteiger partial charge in [0.1, 0.15) is 6.04 Å². The number of hydrazine groups is 1. The van der Waals surface area contributed by atoms with Crippen molar-refractivity contribution in [1.82, 2.24) is 10.0 Å². The zero-order chi connectivity index (χ0) is 28.0. The highest BCUT2D eigenvalue weighted by atomic mass is 16.1. The highest BCUT2D eigenvalue weighted by Crippen LogP contribution is 2.39. The van der Waals surface area contributed by atoms with Crippen molar-refractivity contribution < 1.29 is 4.79 Å². The third-order valence-electron chi connectivity index (χ3n) is 8.18. The van der Waals surface area contributed by atoms with Crippen molar-refractivity contribution >= 4 is 17.7 Å². The van der Waals surface area contributed by atoms with E-state index >= 15 is 0 Å². The van der Waals surface area contributed by atoms with Crippen LogP contribution < -0.4 is 5.01 Å². The second kappa shape index (κ2) is 12.6. The molecular weight excluding hydrogens is 470 g/mol. The van der Waals surface area contributed by atoms with E-state index in [1.165, 1.54) is 24.1 Å². The Morgan fingerprint density at radius 1 is 1.13 bits per heavy atom. The number of fused-ring (bicyclic) bond motifs is 1. The second-order valence-corrected chi connectivity index (χ2v) is 11.5. The number of hydrazone groups is 1. The van der Waals surface area contributed by atoms with Gasteiger partial charge in [0.05, 0.1) is 23.0 Å². The number of benzene rings is 1. The van der Waals surface area contributed by atoms with E-state index < -0.39 is 0 Å². The van der Waals surface area contributed by atoms with Crippen molar-refractivity contribution in [2.45, 2.75) is 79.7 Å². The molecule has 1 aliphatic carbocycles. The normalized spacial score (nSPS) is 20.9. The molecule has 1 aromatic rings. The van der Waals surface area contributed by atoms with Gasteiger partial charge in [0, 0.05) is 38.3 Å². The summed E-state index contributed by atoms with van der Waals surface area (Å²) in [5.74, 6) is 1.30. The third kappa shape index (κ3) is 6.45. The molecular formula is C32H45N5O. The molecule has 2 heterocycles. The van der Waals surface area contributed by atoms with Gasteiger partial charge in [-0.25, -0.2) is 5.01 Å². The number of carbonyl (C=O) groups is 1. The highest BCUT2D eigenvalue weighted by Gasteiger charge is 2.37. The van der Waals surface area contributed by atoms with Gasteiger partial charge in [-0.1, -0.05) is 54.0 Å². The van der Waals surface area contributed by atoms with Crippen molar-refractivity contribution in [3.8, 4) is 6.07 Å². The molecule has 6 nitrogen and oxygen atoms in total. The minimum absolute atomic E-state index is 0.221. The average Bonchev–Trinajstić information content (AvgIpc) is 3.44. The fraction of sp³-hybridized carbons (Fsp3) is 0.531. The van der Waals surface area contributed by atoms with Gasteiger partial charge in [0.2, 0.25) is 0 Å². The number of anilines is 1. The summed E-state index contributed by atoms with van der Waals surface area (Å²) in [6.45, 7) is 13.6. The first-order valence-corrected chi connectivity index (χ1v) is 14.0. The Morgan fingerprint density at radius 3 is 2.37 bits per heavy atom. The van der Waals surface area contributed by atoms with Gasteiger partial charge in [-0.2, -0.15) is 10.4 Å². The lowest BCUT2D eigenvalue weighted by Crippen LogP contribution is -2.43. The standard InChI is InChI=1S/C23H25N5O.C9H20/c1-4-5-23(29)22-13-21(17-8-11-20-18(12-17)15-25-26(20)2)28(27(22)3)19-9-6-16(14-24)7-10-19;1-6-7-9(4,5)8(2)3/h6-11,13,15,18,22H,4-5,12H2,1-3H3;8H,6-7H2,1-5H3. The molecule has 2 atom stereocenters. The smallest absolute Gasteiger partial charge is 0.155 e. The average molecular weight is 516 g/mol. The SMILES string of the molecule is CCCC(=O)C1C=C(C2=CC=C3C(C=NN3C)C2)N(c2ccc(C#N)cc2)N1C.CCCC(C)(C)C(C)C. The molecule has 1 aromatic carbocycles. The lowest BCUT2D eigenvalue weighted by molar-refractivity contribution is -0.122. The van der Waals surface area contributed by atoms with Crippen LogP contribution >= 0.6 is 0 Å². The Hall–Kier alpha value is -3.17. The molecule has 0 radical (unpaired) electrons. The number of hydrogen-bond acceptors (Lipinski definition) is 6. The van der Waals surface area contributed by atoms with Crippen LogP contribution in [0.4, 0.5) is 5.69 Å². The van der Waals surface area contributed by atoms with Gasteiger partial charge < -0.3 is 0 Å². The summed E-state index contributed by atoms with van der Waals surface area (Å²) in [5.41, 5.74) is 5.53. The van der Waals surface area contributed by atoms with Crippen LogP contribution in [0, 0.1) is 28.6 Å². The van der Waals surface area contributed by atoms with E-state index in [9.17, 15) is 4.79 Å². The summed E-state index contributed by atoms with van der Waals surface area (Å²) in [4.78, 5) is 12.8. The Balaban J connectivity index is 0.000000383. The summed E-state index contributed by atoms with van der Waals surface area (Å²) in [6, 6.07) is 9.38. The molecule has 0 fully saturated rings. The largest absolute Gasteiger partial charge is 0.297 e. The molecule has 4 rings (SSSR count). The van der Waals surface area contributed by atoms with Crippen LogP contribution in [0.2, 0.25) is 0 Å². The molecule has 0 N–H and O–H groups in total. The van der Waals surface area contributed by atoms with Crippen molar-refractivity contribution in [3.63, 3.8) is 0 Å². The Kier molecular flexibility index (Phi) is 9.73. The molecule has 2 aliphatic heterocycles. The van der Waals surface area contributed by atoms with E-state index in [1.807, 2.05) is 61.5 Å². The molecule has 2 unspecified atom stereocenters. The van der Waals surface area contributed by atoms with Crippen molar-refractivity contribution in [2.24, 2.45) is 22.4 Å². The maximum atomic E-state index is 12.8. The van der Waals surface area contributed by atoms with E-state index in [0.29, 0.717) is 17.4 Å². The van der Waals surface area contributed by atoms with Gasteiger partial charge >= 0.3 is 0 Å². The molecule has 0 bridgehead atoms. The monoisotopic (exact) mass is 515 g/mol. The van der Waals surface area contributed by atoms with Crippen LogP contribution in [-0.2, 0) is 4.79 Å². The zero-order valence-electron chi connectivity index (χ0n) is 24.5. The third-order valence-corrected chi connectivity index (χ3v) is 8.18. The summed E-state index contributed by atoms with van der Waals surface area (Å²) in [7, 11) is 3.92. The number of Topliss-reactive ketones (excluding diaryl/α,β-unsaturated/α-hetero) is 1. The summed E-state index contributed by atoms with van der Waals surface area (Å²) >= 11 is 0. The van der Waals surface area contributed by atoms with E-state index in [1.54, 1.807) is 0 Å². The predicted octanol–water partition coefficient (Wildman–Crippen LogP) is 7.08. The maximum absolute atomic E-state index is 12.8. The summed E-state index contributed by atoms with van der Waals surface area (Å²) < 4.78 is 0. The van der Waals surface area contributed by atoms with Crippen LogP contribution in [0.25, 0.3) is 0 Å². The number of carbonyl (C=O) groups excluding carboxylic acids is 1. The number of allylic oxidation sites excluding steroid dienone is 4. The van der Waals surface area contributed by atoms with Crippen molar-refractivity contribution in [2.75, 3.05) is 19.1 Å². The first-order chi connectivity index (χ1) is 18.0. The zero-order valence-corrected chi connectivity index (χ0v) is 24.5. The molecule has 0 saturated heterocycles. The van der Waals surface area contributed by atoms with Gasteiger partial charge in [0.15, 0.2) is 5.78 Å². The molecule has 6 heteroatoms. The van der Waals surface area contributed by atoms with Crippen molar-refractivity contribution in [3.05, 3.63) is 65.0 Å². The van der Waals surface area contributed by atoms with E-state index in [-0.39, 0.29) is 17.7 Å². The Labute approximate surface area is 230 Å². The molecule has 0 amide bonds. The molecule has 204 valence electrons. The Morgan fingerprint density at radius 2 is 1.82 bits per heavy atom. The van der Waals surface area contributed by atoms with Crippen LogP contribution in [0.1, 0.15) is 79.2 Å². The fourth-order valence-corrected chi connectivity index (χ4v) is 5.13. The van der Waals surface area contributed by atoms with Gasteiger partial charge in [-0.05, 0) is 72.6 Å². The fourth-order valence-electron chi connectivity index (χ4n) is 5.13. The lowest BCUT2D eigenvalue weighted by Gasteiger charge is -2.34. The van der Waals surface area contributed by atoms with Gasteiger partial charge in [0.25, 0.3) is 0 Å². The van der Waals surface area contributed by atoms with E-state index in [2.05, 4.69) is 69.0 Å². The quantitative estimate of drug-likeness (QED) is 0.370. The minimum Gasteiger partial charge on any atom is -0.297 e. The maximum Gasteiger partial charge on any atom is 0.155 e. The topological polar surface area (TPSA) is 62.9 Å². The Bertz CT molecular complexity index is 1150. The molecule has 3 aliphatic rings. The van der Waals surface area contributed by atoms with Crippen LogP contribution in [0.5, 0.6) is 0 Å². The number of hydrogen-bond donors (Lipinski definition) is 0. The molecule has 0 aromatic heterocycles. The highest BCUT2D eigenvalue weighted by molar-refractivity contribution is 5.88. The molecule has 38 heavy (non-hydrogen) atoms. The summed E-state index contributed by atoms with van der Waals surface area (Å²) in [5, 5.41) is 19.5. The predicted molar refractivity (Wildman–Crippen MR) is 157 cm³/mol. The van der Waals surface area contributed by atoms with E-state index in [4.69, 9.17) is 5.26 Å². The number of nitriles is 1. The number of rotatable bonds is 8. The van der Waals surface area contributed by atoms with Gasteiger partial charge in [-0.15, -0.1) is 0 Å². The van der Waals surface area contributed by atoms with E-state index in [0.717, 1.165) is 30.1 Å². The van der Waals surface area contributed by atoms with Gasteiger partial charge in [-0.3, -0.25) is 14.8 Å². The number of likely N-dealkylation sites (N-methyl/N-ethyl adjacent to an activating group) is 1. The van der Waals surface area contributed by atoms with Crippen LogP contribution in [-0.4, -0.2) is 42.2 Å². The first-order valence-electron chi connectivity index (χ1n) is 14.0. The van der Waals surface area contributed by atoms with Crippen molar-refractivity contribution in [1.29, 1.82) is 5.26 Å². The van der Waals surface area contributed by atoms with Crippen LogP contribution in [0.3, 0.4) is 0 Å². The number of ketones is 1.